The SMILES string of the molecule is C#CCN1C(=O)COc2cc(F)c(-n3c(O)c4c(c3O)CCCC4)cc21. The number of fused-ring (bicyclic) bond motifs is 2. The molecule has 0 atom stereocenters. The fraction of sp³-hybridized carbons (Fsp3) is 0.316. The van der Waals surface area contributed by atoms with Crippen molar-refractivity contribution in [1.82, 2.24) is 4.57 Å². The predicted octanol–water partition coefficient (Wildman–Crippen LogP) is 2.27. The maximum Gasteiger partial charge on any atom is 0.265 e. The fourth-order valence-electron chi connectivity index (χ4n) is 3.64. The molecule has 7 heteroatoms. The molecule has 6 nitrogen and oxygen atoms in total. The summed E-state index contributed by atoms with van der Waals surface area (Å²) in [4.78, 5) is 13.4. The maximum atomic E-state index is 14.7. The molecule has 134 valence electrons. The largest absolute Gasteiger partial charge is 0.494 e. The zero-order chi connectivity index (χ0) is 18.4. The number of carbonyl (C=O) groups excluding carboxylic acids is 1. The second-order valence-electron chi connectivity index (χ2n) is 6.39. The quantitative estimate of drug-likeness (QED) is 0.810. The van der Waals surface area contributed by atoms with Crippen LogP contribution in [0.2, 0.25) is 0 Å². The summed E-state index contributed by atoms with van der Waals surface area (Å²) in [6.07, 6.45) is 8.37. The first-order valence-electron chi connectivity index (χ1n) is 8.37. The molecule has 4 rings (SSSR count). The molecule has 1 aromatic carbocycles. The van der Waals surface area contributed by atoms with Gasteiger partial charge in [0, 0.05) is 17.2 Å². The Morgan fingerprint density at radius 2 is 1.81 bits per heavy atom. The van der Waals surface area contributed by atoms with Crippen molar-refractivity contribution >= 4 is 11.6 Å². The molecule has 1 aliphatic heterocycles. The Morgan fingerprint density at radius 3 is 2.42 bits per heavy atom. The minimum absolute atomic E-state index is 0.0143. The van der Waals surface area contributed by atoms with Crippen LogP contribution >= 0.6 is 0 Å². The number of ether oxygens (including phenoxy) is 1. The van der Waals surface area contributed by atoms with Crippen molar-refractivity contribution in [3.05, 3.63) is 29.1 Å². The number of amides is 1. The molecule has 2 aliphatic rings. The van der Waals surface area contributed by atoms with Gasteiger partial charge in [0.2, 0.25) is 11.8 Å². The van der Waals surface area contributed by atoms with Crippen molar-refractivity contribution < 1.29 is 24.1 Å². The lowest BCUT2D eigenvalue weighted by molar-refractivity contribution is -0.121. The van der Waals surface area contributed by atoms with Gasteiger partial charge < -0.3 is 14.9 Å². The number of nitrogens with zero attached hydrogens (tertiary/aromatic N) is 2. The van der Waals surface area contributed by atoms with Gasteiger partial charge in [0.1, 0.15) is 5.75 Å². The van der Waals surface area contributed by atoms with Crippen LogP contribution in [-0.4, -0.2) is 33.8 Å². The summed E-state index contributed by atoms with van der Waals surface area (Å²) in [6.45, 7) is -0.206. The topological polar surface area (TPSA) is 74.9 Å². The highest BCUT2D eigenvalue weighted by molar-refractivity contribution is 5.98. The molecule has 26 heavy (non-hydrogen) atoms. The van der Waals surface area contributed by atoms with E-state index in [4.69, 9.17) is 11.2 Å². The third-order valence-electron chi connectivity index (χ3n) is 4.89. The highest BCUT2D eigenvalue weighted by Gasteiger charge is 2.30. The molecular weight excluding hydrogens is 339 g/mol. The van der Waals surface area contributed by atoms with Crippen LogP contribution < -0.4 is 9.64 Å². The third kappa shape index (κ3) is 2.30. The summed E-state index contributed by atoms with van der Waals surface area (Å²) in [5, 5.41) is 21.1. The Bertz CT molecular complexity index is 928. The normalized spacial score (nSPS) is 15.8. The van der Waals surface area contributed by atoms with Crippen LogP contribution in [0.25, 0.3) is 5.69 Å². The summed E-state index contributed by atoms with van der Waals surface area (Å²) in [5.74, 6) is 1.21. The Labute approximate surface area is 149 Å². The van der Waals surface area contributed by atoms with E-state index < -0.39 is 5.82 Å². The van der Waals surface area contributed by atoms with E-state index >= 15 is 0 Å². The highest BCUT2D eigenvalue weighted by Crippen LogP contribution is 2.43. The Morgan fingerprint density at radius 1 is 1.15 bits per heavy atom. The average Bonchev–Trinajstić information content (AvgIpc) is 2.89. The number of rotatable bonds is 2. The third-order valence-corrected chi connectivity index (χ3v) is 4.89. The van der Waals surface area contributed by atoms with Crippen LogP contribution in [0.5, 0.6) is 17.5 Å². The van der Waals surface area contributed by atoms with Crippen LogP contribution in [0.4, 0.5) is 10.1 Å². The first-order chi connectivity index (χ1) is 12.5. The minimum Gasteiger partial charge on any atom is -0.494 e. The fourth-order valence-corrected chi connectivity index (χ4v) is 3.64. The molecule has 0 radical (unpaired) electrons. The number of aromatic hydroxyl groups is 2. The number of hydrogen-bond donors (Lipinski definition) is 2. The second kappa shape index (κ2) is 5.99. The molecule has 0 saturated heterocycles. The van der Waals surface area contributed by atoms with Crippen LogP contribution in [0.1, 0.15) is 24.0 Å². The van der Waals surface area contributed by atoms with Gasteiger partial charge in [0.05, 0.1) is 17.9 Å². The zero-order valence-electron chi connectivity index (χ0n) is 14.0. The molecule has 1 aliphatic carbocycles. The van der Waals surface area contributed by atoms with E-state index in [-0.39, 0.29) is 42.3 Å². The molecule has 0 bridgehead atoms. The van der Waals surface area contributed by atoms with E-state index in [0.717, 1.165) is 23.5 Å². The molecular formula is C19H17FN2O4. The summed E-state index contributed by atoms with van der Waals surface area (Å²) in [7, 11) is 0. The van der Waals surface area contributed by atoms with E-state index in [0.29, 0.717) is 29.7 Å². The zero-order valence-corrected chi connectivity index (χ0v) is 14.0. The molecule has 0 unspecified atom stereocenters. The van der Waals surface area contributed by atoms with E-state index in [1.165, 1.54) is 11.0 Å². The van der Waals surface area contributed by atoms with Crippen LogP contribution in [0, 0.1) is 18.2 Å². The summed E-state index contributed by atoms with van der Waals surface area (Å²) < 4.78 is 21.1. The number of halogens is 1. The van der Waals surface area contributed by atoms with Gasteiger partial charge >= 0.3 is 0 Å². The molecule has 1 aromatic heterocycles. The lowest BCUT2D eigenvalue weighted by Crippen LogP contribution is -2.39. The minimum atomic E-state index is -0.684. The van der Waals surface area contributed by atoms with Crippen molar-refractivity contribution in [1.29, 1.82) is 0 Å². The first-order valence-corrected chi connectivity index (χ1v) is 8.37. The van der Waals surface area contributed by atoms with Crippen molar-refractivity contribution in [3.8, 4) is 35.5 Å². The van der Waals surface area contributed by atoms with Crippen LogP contribution in [0.3, 0.4) is 0 Å². The molecule has 0 saturated carbocycles. The van der Waals surface area contributed by atoms with Gasteiger partial charge in [-0.2, -0.15) is 0 Å². The molecule has 0 fully saturated rings. The second-order valence-corrected chi connectivity index (χ2v) is 6.39. The summed E-state index contributed by atoms with van der Waals surface area (Å²) in [6, 6.07) is 2.50. The van der Waals surface area contributed by atoms with Gasteiger partial charge in [0.25, 0.3) is 5.91 Å². The molecule has 2 aromatic rings. The van der Waals surface area contributed by atoms with Crippen LogP contribution in [-0.2, 0) is 17.6 Å². The Hall–Kier alpha value is -3.14. The van der Waals surface area contributed by atoms with Crippen molar-refractivity contribution in [2.24, 2.45) is 0 Å². The summed E-state index contributed by atoms with van der Waals surface area (Å²) >= 11 is 0. The maximum absolute atomic E-state index is 14.7. The average molecular weight is 356 g/mol. The Balaban J connectivity index is 1.91. The molecule has 2 heterocycles. The lowest BCUT2D eigenvalue weighted by atomic mass is 9.95. The van der Waals surface area contributed by atoms with Gasteiger partial charge in [-0.25, -0.2) is 8.96 Å². The predicted molar refractivity (Wildman–Crippen MR) is 92.4 cm³/mol. The van der Waals surface area contributed by atoms with E-state index in [9.17, 15) is 19.4 Å². The van der Waals surface area contributed by atoms with Gasteiger partial charge in [-0.3, -0.25) is 9.69 Å². The van der Waals surface area contributed by atoms with E-state index in [1.54, 1.807) is 0 Å². The van der Waals surface area contributed by atoms with E-state index in [2.05, 4.69) is 5.92 Å². The first kappa shape index (κ1) is 16.3. The number of benzene rings is 1. The van der Waals surface area contributed by atoms with Crippen molar-refractivity contribution in [2.45, 2.75) is 25.7 Å². The van der Waals surface area contributed by atoms with Gasteiger partial charge in [0.15, 0.2) is 12.4 Å². The molecule has 1 amide bonds. The number of carbonyl (C=O) groups is 1. The number of hydrogen-bond acceptors (Lipinski definition) is 4. The molecule has 0 spiro atoms. The molecule has 2 N–H and O–H groups in total. The highest BCUT2D eigenvalue weighted by atomic mass is 19.1. The van der Waals surface area contributed by atoms with E-state index in [1.807, 2.05) is 0 Å². The van der Waals surface area contributed by atoms with Gasteiger partial charge in [-0.05, 0) is 31.7 Å². The number of aromatic nitrogens is 1. The van der Waals surface area contributed by atoms with Gasteiger partial charge in [-0.1, -0.05) is 5.92 Å². The van der Waals surface area contributed by atoms with Crippen LogP contribution in [0.15, 0.2) is 12.1 Å². The van der Waals surface area contributed by atoms with Gasteiger partial charge in [-0.15, -0.1) is 6.42 Å². The standard InChI is InChI=1S/C19H17FN2O4/c1-2-7-21-15-9-14(13(20)8-16(15)26-10-17(21)23)22-18(24)11-5-3-4-6-12(11)19(22)25/h1,8-9,24-25H,3-7,10H2. The summed E-state index contributed by atoms with van der Waals surface area (Å²) in [5.41, 5.74) is 1.52. The number of anilines is 1. The monoisotopic (exact) mass is 356 g/mol. The Kier molecular flexibility index (Phi) is 3.76. The smallest absolute Gasteiger partial charge is 0.265 e. The lowest BCUT2D eigenvalue weighted by Gasteiger charge is -2.28. The van der Waals surface area contributed by atoms with Crippen molar-refractivity contribution in [2.75, 3.05) is 18.1 Å². The number of terminal acetylenes is 1. The van der Waals surface area contributed by atoms with Crippen molar-refractivity contribution in [3.63, 3.8) is 0 Å².